The van der Waals surface area contributed by atoms with Crippen molar-refractivity contribution < 1.29 is 22.8 Å². The van der Waals surface area contributed by atoms with Gasteiger partial charge in [-0.15, -0.1) is 11.3 Å². The van der Waals surface area contributed by atoms with Crippen LogP contribution in [-0.2, 0) is 6.18 Å². The number of nitro benzene ring substituents is 1. The van der Waals surface area contributed by atoms with Gasteiger partial charge in [0.2, 0.25) is 0 Å². The minimum absolute atomic E-state index is 0.00405. The van der Waals surface area contributed by atoms with Crippen molar-refractivity contribution in [1.82, 2.24) is 9.97 Å². The number of aromatic nitrogens is 2. The Labute approximate surface area is 216 Å². The number of benzene rings is 3. The molecule has 1 N–H and O–H groups in total. The molecule has 0 saturated carbocycles. The Balaban J connectivity index is 1.38. The molecule has 2 heterocycles. The molecule has 0 spiro atoms. The molecule has 186 valence electrons. The first-order chi connectivity index (χ1) is 17.7. The second kappa shape index (κ2) is 9.68. The van der Waals surface area contributed by atoms with Gasteiger partial charge in [-0.2, -0.15) is 13.2 Å². The maximum absolute atomic E-state index is 13.0. The normalized spacial score (nSPS) is 11.5. The molecule has 0 saturated heterocycles. The number of non-ortho nitro benzene ring substituents is 1. The van der Waals surface area contributed by atoms with Crippen molar-refractivity contribution in [1.29, 1.82) is 0 Å². The highest BCUT2D eigenvalue weighted by Crippen LogP contribution is 2.38. The molecular weight excluding hydrogens is 529 g/mol. The molecule has 0 fully saturated rings. The summed E-state index contributed by atoms with van der Waals surface area (Å²) in [5.41, 5.74) is 0.559. The molecule has 3 aromatic carbocycles. The Kier molecular flexibility index (Phi) is 6.40. The van der Waals surface area contributed by atoms with E-state index >= 15 is 0 Å². The van der Waals surface area contributed by atoms with Crippen LogP contribution in [0.2, 0.25) is 5.02 Å². The van der Waals surface area contributed by atoms with Crippen molar-refractivity contribution in [2.24, 2.45) is 0 Å². The van der Waals surface area contributed by atoms with Gasteiger partial charge in [0, 0.05) is 22.7 Å². The van der Waals surface area contributed by atoms with Crippen molar-refractivity contribution in [3.63, 3.8) is 0 Å². The maximum atomic E-state index is 13.0. The van der Waals surface area contributed by atoms with E-state index in [0.29, 0.717) is 16.3 Å². The Morgan fingerprint density at radius 1 is 1.00 bits per heavy atom. The summed E-state index contributed by atoms with van der Waals surface area (Å²) < 4.78 is 44.5. The van der Waals surface area contributed by atoms with Crippen molar-refractivity contribution >= 4 is 50.3 Å². The van der Waals surface area contributed by atoms with Gasteiger partial charge in [0.1, 0.15) is 28.5 Å². The fourth-order valence-electron chi connectivity index (χ4n) is 3.51. The summed E-state index contributed by atoms with van der Waals surface area (Å²) in [4.78, 5) is 20.7. The van der Waals surface area contributed by atoms with Gasteiger partial charge in [-0.25, -0.2) is 9.97 Å². The van der Waals surface area contributed by atoms with Crippen molar-refractivity contribution in [3.05, 3.63) is 99.8 Å². The molecular formula is C25H14ClF3N4O3S. The molecule has 0 aliphatic carbocycles. The molecule has 2 aromatic heterocycles. The summed E-state index contributed by atoms with van der Waals surface area (Å²) in [6.45, 7) is 0. The summed E-state index contributed by atoms with van der Waals surface area (Å²) >= 11 is 7.76. The van der Waals surface area contributed by atoms with Gasteiger partial charge < -0.3 is 10.1 Å². The number of thiophene rings is 1. The van der Waals surface area contributed by atoms with E-state index < -0.39 is 16.7 Å². The number of nitro groups is 1. The lowest BCUT2D eigenvalue weighted by Crippen LogP contribution is -2.04. The van der Waals surface area contributed by atoms with Gasteiger partial charge in [0.25, 0.3) is 5.69 Å². The first kappa shape index (κ1) is 24.5. The number of nitrogens with one attached hydrogen (secondary N) is 1. The number of nitrogens with zero attached hydrogens (tertiary/aromatic N) is 3. The van der Waals surface area contributed by atoms with Gasteiger partial charge in [-0.3, -0.25) is 10.1 Å². The predicted molar refractivity (Wildman–Crippen MR) is 136 cm³/mol. The molecule has 0 amide bonds. The van der Waals surface area contributed by atoms with Gasteiger partial charge in [-0.05, 0) is 60.2 Å². The number of rotatable bonds is 6. The third kappa shape index (κ3) is 5.32. The monoisotopic (exact) mass is 542 g/mol. The van der Waals surface area contributed by atoms with Crippen LogP contribution >= 0.6 is 22.9 Å². The van der Waals surface area contributed by atoms with E-state index in [1.54, 1.807) is 30.3 Å². The molecule has 5 aromatic rings. The number of anilines is 2. The van der Waals surface area contributed by atoms with E-state index in [9.17, 15) is 23.3 Å². The molecule has 0 radical (unpaired) electrons. The maximum Gasteiger partial charge on any atom is 0.416 e. The van der Waals surface area contributed by atoms with Gasteiger partial charge in [0.05, 0.1) is 20.9 Å². The summed E-state index contributed by atoms with van der Waals surface area (Å²) in [5.74, 6) is 0.708. The number of ether oxygens (including phenoxy) is 1. The number of halogens is 4. The second-order valence-electron chi connectivity index (χ2n) is 7.75. The van der Waals surface area contributed by atoms with Crippen LogP contribution in [0, 0.1) is 10.1 Å². The molecule has 0 atom stereocenters. The molecule has 0 bridgehead atoms. The molecule has 37 heavy (non-hydrogen) atoms. The second-order valence-corrected chi connectivity index (χ2v) is 9.19. The number of hydrogen-bond acceptors (Lipinski definition) is 7. The molecule has 0 unspecified atom stereocenters. The highest BCUT2D eigenvalue weighted by Gasteiger charge is 2.30. The van der Waals surface area contributed by atoms with E-state index in [1.807, 2.05) is 6.07 Å². The van der Waals surface area contributed by atoms with Crippen molar-refractivity contribution in [3.8, 4) is 21.9 Å². The lowest BCUT2D eigenvalue weighted by Gasteiger charge is -2.12. The lowest BCUT2D eigenvalue weighted by molar-refractivity contribution is -0.384. The zero-order chi connectivity index (χ0) is 26.2. The van der Waals surface area contributed by atoms with E-state index in [-0.39, 0.29) is 22.2 Å². The van der Waals surface area contributed by atoms with Gasteiger partial charge in [-0.1, -0.05) is 17.7 Å². The van der Waals surface area contributed by atoms with Crippen LogP contribution in [0.1, 0.15) is 5.56 Å². The minimum Gasteiger partial charge on any atom is -0.456 e. The largest absolute Gasteiger partial charge is 0.456 e. The average molecular weight is 543 g/mol. The molecule has 0 aliphatic heterocycles. The van der Waals surface area contributed by atoms with Crippen LogP contribution in [0.3, 0.4) is 0 Å². The smallest absolute Gasteiger partial charge is 0.416 e. The molecule has 0 aliphatic rings. The summed E-state index contributed by atoms with van der Waals surface area (Å²) in [7, 11) is 0. The van der Waals surface area contributed by atoms with E-state index in [4.69, 9.17) is 16.3 Å². The standard InChI is InChI=1S/C25H14ClF3N4O3S/c26-20-11-16(6-9-21(20)36-18-3-1-2-15(10-18)25(27,28)29)32-23-19-12-22(37-24(19)31-13-30-23)14-4-7-17(8-5-14)33(34)35/h1-13H,(H,30,31,32). The van der Waals surface area contributed by atoms with Crippen LogP contribution in [0.4, 0.5) is 30.4 Å². The third-order valence-electron chi connectivity index (χ3n) is 5.28. The fraction of sp³-hybridized carbons (Fsp3) is 0.0400. The first-order valence-corrected chi connectivity index (χ1v) is 11.8. The molecule has 5 rings (SSSR count). The van der Waals surface area contributed by atoms with E-state index in [1.165, 1.54) is 41.9 Å². The quantitative estimate of drug-likeness (QED) is 0.171. The van der Waals surface area contributed by atoms with Crippen molar-refractivity contribution in [2.45, 2.75) is 6.18 Å². The summed E-state index contributed by atoms with van der Waals surface area (Å²) in [6, 6.07) is 17.4. The van der Waals surface area contributed by atoms with Gasteiger partial charge in [0.15, 0.2) is 0 Å². The Morgan fingerprint density at radius 2 is 1.78 bits per heavy atom. The Bertz CT molecular complexity index is 1620. The Morgan fingerprint density at radius 3 is 2.49 bits per heavy atom. The highest BCUT2D eigenvalue weighted by atomic mass is 35.5. The Hall–Kier alpha value is -4.22. The first-order valence-electron chi connectivity index (χ1n) is 10.6. The van der Waals surface area contributed by atoms with Crippen LogP contribution < -0.4 is 10.1 Å². The third-order valence-corrected chi connectivity index (χ3v) is 6.66. The highest BCUT2D eigenvalue weighted by molar-refractivity contribution is 7.21. The number of alkyl halides is 3. The van der Waals surface area contributed by atoms with Gasteiger partial charge >= 0.3 is 6.18 Å². The average Bonchev–Trinajstić information content (AvgIpc) is 3.31. The minimum atomic E-state index is -4.49. The summed E-state index contributed by atoms with van der Waals surface area (Å²) in [5, 5.41) is 15.0. The number of hydrogen-bond donors (Lipinski definition) is 1. The zero-order valence-corrected chi connectivity index (χ0v) is 20.1. The van der Waals surface area contributed by atoms with Crippen LogP contribution in [-0.4, -0.2) is 14.9 Å². The molecule has 7 nitrogen and oxygen atoms in total. The number of fused-ring (bicyclic) bond motifs is 1. The van der Waals surface area contributed by atoms with E-state index in [2.05, 4.69) is 15.3 Å². The predicted octanol–water partition coefficient (Wildman–Crippen LogP) is 8.47. The van der Waals surface area contributed by atoms with Crippen LogP contribution in [0.5, 0.6) is 11.5 Å². The fourth-order valence-corrected chi connectivity index (χ4v) is 4.73. The van der Waals surface area contributed by atoms with Crippen LogP contribution in [0.15, 0.2) is 79.1 Å². The van der Waals surface area contributed by atoms with Crippen LogP contribution in [0.25, 0.3) is 20.7 Å². The van der Waals surface area contributed by atoms with E-state index in [0.717, 1.165) is 28.0 Å². The van der Waals surface area contributed by atoms with Crippen molar-refractivity contribution in [2.75, 3.05) is 5.32 Å². The molecule has 12 heteroatoms. The summed E-state index contributed by atoms with van der Waals surface area (Å²) in [6.07, 6.45) is -3.08. The SMILES string of the molecule is O=[N+]([O-])c1ccc(-c2cc3c(Nc4ccc(Oc5cccc(C(F)(F)F)c5)c(Cl)c4)ncnc3s2)cc1. The topological polar surface area (TPSA) is 90.2 Å². The lowest BCUT2D eigenvalue weighted by atomic mass is 10.1. The zero-order valence-electron chi connectivity index (χ0n) is 18.5.